The number of hydrogen-bond acceptors (Lipinski definition) is 3. The third kappa shape index (κ3) is 5.10. The zero-order valence-electron chi connectivity index (χ0n) is 15.0. The van der Waals surface area contributed by atoms with Gasteiger partial charge in [0.2, 0.25) is 0 Å². The molecule has 26 heavy (non-hydrogen) atoms. The van der Waals surface area contributed by atoms with E-state index >= 15 is 0 Å². The zero-order chi connectivity index (χ0) is 18.4. The van der Waals surface area contributed by atoms with Gasteiger partial charge < -0.3 is 15.6 Å². The largest absolute Gasteiger partial charge is 0.345 e. The van der Waals surface area contributed by atoms with E-state index in [1.807, 2.05) is 32.0 Å². The van der Waals surface area contributed by atoms with Crippen LogP contribution in [0.5, 0.6) is 0 Å². The molecule has 1 heterocycles. The molecule has 1 aromatic heterocycles. The molecule has 3 N–H and O–H groups in total. The lowest BCUT2D eigenvalue weighted by Crippen LogP contribution is -2.53. The van der Waals surface area contributed by atoms with E-state index in [1.54, 1.807) is 12.3 Å². The van der Waals surface area contributed by atoms with Crippen LogP contribution in [0.4, 0.5) is 0 Å². The first-order valence-electron chi connectivity index (χ1n) is 8.41. The fourth-order valence-corrected chi connectivity index (χ4v) is 2.87. The van der Waals surface area contributed by atoms with Crippen molar-refractivity contribution in [2.24, 2.45) is 5.73 Å². The minimum atomic E-state index is -0.430. The van der Waals surface area contributed by atoms with Gasteiger partial charge in [-0.25, -0.2) is 0 Å². The molecule has 7 heteroatoms. The highest BCUT2D eigenvalue weighted by molar-refractivity contribution is 6.31. The summed E-state index contributed by atoms with van der Waals surface area (Å²) in [6, 6.07) is 10.3. The molecule has 5 nitrogen and oxygen atoms in total. The predicted molar refractivity (Wildman–Crippen MR) is 108 cm³/mol. The second kappa shape index (κ2) is 9.76. The lowest BCUT2D eigenvalue weighted by molar-refractivity contribution is 0.0894. The lowest BCUT2D eigenvalue weighted by Gasteiger charge is -2.31. The van der Waals surface area contributed by atoms with E-state index < -0.39 is 5.54 Å². The van der Waals surface area contributed by atoms with Gasteiger partial charge in [0, 0.05) is 23.8 Å². The molecule has 0 bridgehead atoms. The Hall–Kier alpha value is -1.82. The monoisotopic (exact) mass is 397 g/mol. The molecule has 0 saturated carbocycles. The van der Waals surface area contributed by atoms with Crippen molar-refractivity contribution in [3.05, 3.63) is 69.1 Å². The number of pyridine rings is 1. The maximum absolute atomic E-state index is 12.6. The van der Waals surface area contributed by atoms with Crippen LogP contribution in [0.15, 0.2) is 47.4 Å². The normalized spacial score (nSPS) is 10.9. The Kier molecular flexibility index (Phi) is 8.34. The van der Waals surface area contributed by atoms with Gasteiger partial charge in [0.25, 0.3) is 11.5 Å². The second-order valence-electron chi connectivity index (χ2n) is 6.12. The van der Waals surface area contributed by atoms with Gasteiger partial charge >= 0.3 is 0 Å². The first kappa shape index (κ1) is 22.2. The fraction of sp³-hybridized carbons (Fsp3) is 0.368. The van der Waals surface area contributed by atoms with Crippen molar-refractivity contribution in [1.82, 2.24) is 9.88 Å². The number of nitrogens with one attached hydrogen (secondary N) is 1. The third-order valence-electron chi connectivity index (χ3n) is 4.67. The van der Waals surface area contributed by atoms with Gasteiger partial charge in [0.05, 0.1) is 17.6 Å². The summed E-state index contributed by atoms with van der Waals surface area (Å²) in [6.45, 7) is 4.66. The molecule has 0 saturated heterocycles. The molecule has 2 rings (SSSR count). The topological polar surface area (TPSA) is 77.1 Å². The van der Waals surface area contributed by atoms with Crippen molar-refractivity contribution in [2.45, 2.75) is 38.8 Å². The average molecular weight is 398 g/mol. The minimum Gasteiger partial charge on any atom is -0.345 e. The maximum Gasteiger partial charge on any atom is 0.253 e. The van der Waals surface area contributed by atoms with E-state index in [0.29, 0.717) is 23.7 Å². The Balaban J connectivity index is 0.00000338. The van der Waals surface area contributed by atoms with Crippen molar-refractivity contribution < 1.29 is 4.79 Å². The van der Waals surface area contributed by atoms with E-state index in [4.69, 9.17) is 17.3 Å². The molecule has 0 aliphatic heterocycles. The molecule has 1 amide bonds. The highest BCUT2D eigenvalue weighted by Gasteiger charge is 2.26. The first-order chi connectivity index (χ1) is 11.9. The van der Waals surface area contributed by atoms with Crippen molar-refractivity contribution in [2.75, 3.05) is 6.54 Å². The van der Waals surface area contributed by atoms with Gasteiger partial charge in [-0.15, -0.1) is 12.4 Å². The van der Waals surface area contributed by atoms with Crippen molar-refractivity contribution in [1.29, 1.82) is 0 Å². The number of halogens is 2. The van der Waals surface area contributed by atoms with E-state index in [1.165, 1.54) is 16.7 Å². The lowest BCUT2D eigenvalue weighted by atomic mass is 9.92. The molecule has 0 aliphatic rings. The van der Waals surface area contributed by atoms with E-state index in [9.17, 15) is 9.59 Å². The quantitative estimate of drug-likeness (QED) is 0.752. The number of nitrogens with zero attached hydrogens (tertiary/aromatic N) is 1. The van der Waals surface area contributed by atoms with Crippen molar-refractivity contribution in [3.8, 4) is 0 Å². The number of carbonyl (C=O) groups excluding carboxylic acids is 1. The molecule has 0 aliphatic carbocycles. The Bertz CT molecular complexity index is 793. The second-order valence-corrected chi connectivity index (χ2v) is 6.53. The van der Waals surface area contributed by atoms with Crippen LogP contribution in [0.1, 0.15) is 42.6 Å². The van der Waals surface area contributed by atoms with Crippen LogP contribution in [-0.4, -0.2) is 22.6 Å². The first-order valence-corrected chi connectivity index (χ1v) is 8.79. The van der Waals surface area contributed by atoms with E-state index in [0.717, 1.165) is 18.4 Å². The van der Waals surface area contributed by atoms with Crippen molar-refractivity contribution >= 4 is 29.9 Å². The maximum atomic E-state index is 12.6. The summed E-state index contributed by atoms with van der Waals surface area (Å²) in [5.74, 6) is -0.234. The van der Waals surface area contributed by atoms with Gasteiger partial charge in [-0.2, -0.15) is 0 Å². The van der Waals surface area contributed by atoms with E-state index in [-0.39, 0.29) is 23.9 Å². The van der Waals surface area contributed by atoms with E-state index in [2.05, 4.69) is 5.32 Å². The Morgan fingerprint density at radius 3 is 2.42 bits per heavy atom. The molecular formula is C19H25Cl2N3O2. The molecule has 142 valence electrons. The van der Waals surface area contributed by atoms with Crippen LogP contribution >= 0.6 is 24.0 Å². The summed E-state index contributed by atoms with van der Waals surface area (Å²) in [5, 5.41) is 3.60. The van der Waals surface area contributed by atoms with Crippen LogP contribution in [0, 0.1) is 0 Å². The van der Waals surface area contributed by atoms with Gasteiger partial charge in [0.1, 0.15) is 0 Å². The molecule has 0 radical (unpaired) electrons. The number of aromatic nitrogens is 1. The summed E-state index contributed by atoms with van der Waals surface area (Å²) < 4.78 is 1.48. The molecule has 2 aromatic rings. The highest BCUT2D eigenvalue weighted by atomic mass is 35.5. The summed E-state index contributed by atoms with van der Waals surface area (Å²) in [6.07, 6.45) is 3.05. The number of benzene rings is 1. The van der Waals surface area contributed by atoms with Gasteiger partial charge in [-0.05, 0) is 30.5 Å². The molecule has 0 unspecified atom stereocenters. The summed E-state index contributed by atoms with van der Waals surface area (Å²) in [5.41, 5.74) is 6.47. The zero-order valence-corrected chi connectivity index (χ0v) is 16.6. The highest BCUT2D eigenvalue weighted by Crippen LogP contribution is 2.17. The SMILES string of the molecule is CCC(CC)(CN)NC(=O)c1ccc(=O)n(Cc2ccccc2Cl)c1.Cl. The van der Waals surface area contributed by atoms with Gasteiger partial charge in [-0.1, -0.05) is 43.6 Å². The standard InChI is InChI=1S/C19H24ClN3O2.ClH/c1-3-19(4-2,13-21)22-18(25)15-9-10-17(24)23(12-15)11-14-7-5-6-8-16(14)20;/h5-10,12H,3-4,11,13,21H2,1-2H3,(H,22,25);1H. The molecule has 0 spiro atoms. The van der Waals surface area contributed by atoms with Gasteiger partial charge in [0.15, 0.2) is 0 Å². The number of nitrogens with two attached hydrogens (primary N) is 1. The fourth-order valence-electron chi connectivity index (χ4n) is 2.68. The Morgan fingerprint density at radius 1 is 1.19 bits per heavy atom. The molecule has 0 fully saturated rings. The molecule has 1 aromatic carbocycles. The van der Waals surface area contributed by atoms with Crippen LogP contribution < -0.4 is 16.6 Å². The summed E-state index contributed by atoms with van der Waals surface area (Å²) in [4.78, 5) is 24.7. The number of rotatable bonds is 7. The average Bonchev–Trinajstić information content (AvgIpc) is 2.63. The molecule has 0 atom stereocenters. The minimum absolute atomic E-state index is 0. The summed E-state index contributed by atoms with van der Waals surface area (Å²) >= 11 is 6.16. The molecular weight excluding hydrogens is 373 g/mol. The smallest absolute Gasteiger partial charge is 0.253 e. The van der Waals surface area contributed by atoms with Crippen LogP contribution in [0.3, 0.4) is 0 Å². The number of carbonyl (C=O) groups is 1. The van der Waals surface area contributed by atoms with Crippen LogP contribution in [-0.2, 0) is 6.54 Å². The number of amides is 1. The van der Waals surface area contributed by atoms with Crippen molar-refractivity contribution in [3.63, 3.8) is 0 Å². The number of hydrogen-bond donors (Lipinski definition) is 2. The Labute approximate surface area is 165 Å². The van der Waals surface area contributed by atoms with Crippen LogP contribution in [0.2, 0.25) is 5.02 Å². The Morgan fingerprint density at radius 2 is 1.85 bits per heavy atom. The predicted octanol–water partition coefficient (Wildman–Crippen LogP) is 3.22. The van der Waals surface area contributed by atoms with Gasteiger partial charge in [-0.3, -0.25) is 9.59 Å². The third-order valence-corrected chi connectivity index (χ3v) is 5.04. The summed E-state index contributed by atoms with van der Waals surface area (Å²) in [7, 11) is 0. The van der Waals surface area contributed by atoms with Crippen LogP contribution in [0.25, 0.3) is 0 Å².